The number of unbranched alkanes of at least 4 members (excludes halogenated alkanes) is 11. The van der Waals surface area contributed by atoms with Crippen molar-refractivity contribution < 1.29 is 4.79 Å². The van der Waals surface area contributed by atoms with Gasteiger partial charge in [-0.1, -0.05) is 70.4 Å². The summed E-state index contributed by atoms with van der Waals surface area (Å²) in [5, 5.41) is 9.57. The fraction of sp³-hybridized carbons (Fsp3) is 0.875. The van der Waals surface area contributed by atoms with E-state index in [4.69, 9.17) is 0 Å². The SMILES string of the molecule is CCCCCCCC/C=C\CCCCCCCC(=O)C(NC)C(CNC)NC. The first kappa shape index (κ1) is 27.3. The number of hydrogen-bond donors (Lipinski definition) is 3. The third kappa shape index (κ3) is 15.2. The van der Waals surface area contributed by atoms with Gasteiger partial charge < -0.3 is 16.0 Å². The maximum Gasteiger partial charge on any atom is 0.151 e. The molecule has 0 fully saturated rings. The van der Waals surface area contributed by atoms with Gasteiger partial charge in [-0.2, -0.15) is 0 Å². The first-order valence-corrected chi connectivity index (χ1v) is 11.9. The highest BCUT2D eigenvalue weighted by Crippen LogP contribution is 2.11. The first-order valence-electron chi connectivity index (χ1n) is 11.9. The van der Waals surface area contributed by atoms with Crippen LogP contribution in [0.25, 0.3) is 0 Å². The van der Waals surface area contributed by atoms with Crippen molar-refractivity contribution in [2.45, 2.75) is 109 Å². The Morgan fingerprint density at radius 3 is 1.79 bits per heavy atom. The molecule has 4 heteroatoms. The molecule has 28 heavy (non-hydrogen) atoms. The molecule has 3 N–H and O–H groups in total. The zero-order valence-electron chi connectivity index (χ0n) is 19.3. The summed E-state index contributed by atoms with van der Waals surface area (Å²) in [4.78, 5) is 12.4. The zero-order valence-corrected chi connectivity index (χ0v) is 19.3. The van der Waals surface area contributed by atoms with E-state index in [1.807, 2.05) is 21.1 Å². The lowest BCUT2D eigenvalue weighted by Gasteiger charge is -2.25. The van der Waals surface area contributed by atoms with Crippen molar-refractivity contribution in [1.29, 1.82) is 0 Å². The third-order valence-corrected chi connectivity index (χ3v) is 5.54. The molecule has 0 heterocycles. The molecule has 2 atom stereocenters. The molecular formula is C24H49N3O. The van der Waals surface area contributed by atoms with Crippen LogP contribution in [0.1, 0.15) is 96.8 Å². The minimum absolute atomic E-state index is 0.103. The molecule has 0 aliphatic rings. The van der Waals surface area contributed by atoms with Gasteiger partial charge in [-0.15, -0.1) is 0 Å². The lowest BCUT2D eigenvalue weighted by Crippen LogP contribution is -2.54. The van der Waals surface area contributed by atoms with Crippen LogP contribution in [0.5, 0.6) is 0 Å². The summed E-state index contributed by atoms with van der Waals surface area (Å²) in [5.41, 5.74) is 0. The summed E-state index contributed by atoms with van der Waals surface area (Å²) in [5.74, 6) is 0.328. The minimum atomic E-state index is -0.103. The first-order chi connectivity index (χ1) is 13.7. The molecule has 0 aliphatic heterocycles. The van der Waals surface area contributed by atoms with Crippen LogP contribution in [-0.2, 0) is 4.79 Å². The number of ketones is 1. The Morgan fingerprint density at radius 1 is 0.750 bits per heavy atom. The second-order valence-electron chi connectivity index (χ2n) is 8.02. The molecule has 2 unspecified atom stereocenters. The van der Waals surface area contributed by atoms with Crippen molar-refractivity contribution in [1.82, 2.24) is 16.0 Å². The predicted octanol–water partition coefficient (Wildman–Crippen LogP) is 4.99. The second kappa shape index (κ2) is 21.0. The third-order valence-electron chi connectivity index (χ3n) is 5.54. The predicted molar refractivity (Wildman–Crippen MR) is 124 cm³/mol. The average Bonchev–Trinajstić information content (AvgIpc) is 2.70. The van der Waals surface area contributed by atoms with E-state index in [2.05, 4.69) is 35.0 Å². The monoisotopic (exact) mass is 395 g/mol. The summed E-state index contributed by atoms with van der Waals surface area (Å²) in [6, 6.07) is 0.0415. The van der Waals surface area contributed by atoms with Crippen LogP contribution in [-0.4, -0.2) is 45.6 Å². The van der Waals surface area contributed by atoms with E-state index in [0.29, 0.717) is 12.2 Å². The molecule has 0 aromatic heterocycles. The number of allylic oxidation sites excluding steroid dienone is 2. The summed E-state index contributed by atoms with van der Waals surface area (Å²) < 4.78 is 0. The van der Waals surface area contributed by atoms with Crippen LogP contribution < -0.4 is 16.0 Å². The van der Waals surface area contributed by atoms with Gasteiger partial charge in [-0.05, 0) is 53.2 Å². The molecule has 0 saturated carbocycles. The molecule has 0 bridgehead atoms. The molecular weight excluding hydrogens is 346 g/mol. The van der Waals surface area contributed by atoms with E-state index < -0.39 is 0 Å². The number of nitrogens with one attached hydrogen (secondary N) is 3. The Balaban J connectivity index is 3.57. The van der Waals surface area contributed by atoms with Crippen LogP contribution in [0.4, 0.5) is 0 Å². The van der Waals surface area contributed by atoms with Gasteiger partial charge in [0.15, 0.2) is 5.78 Å². The fourth-order valence-corrected chi connectivity index (χ4v) is 3.72. The fourth-order valence-electron chi connectivity index (χ4n) is 3.72. The maximum atomic E-state index is 12.4. The second-order valence-corrected chi connectivity index (χ2v) is 8.02. The zero-order chi connectivity index (χ0) is 20.9. The van der Waals surface area contributed by atoms with Crippen molar-refractivity contribution in [3.8, 4) is 0 Å². The average molecular weight is 396 g/mol. The summed E-state index contributed by atoms with van der Waals surface area (Å²) in [6.45, 7) is 3.06. The summed E-state index contributed by atoms with van der Waals surface area (Å²) in [7, 11) is 5.72. The van der Waals surface area contributed by atoms with Crippen molar-refractivity contribution in [3.63, 3.8) is 0 Å². The van der Waals surface area contributed by atoms with Gasteiger partial charge in [0.05, 0.1) is 6.04 Å². The molecule has 0 aliphatic carbocycles. The molecule has 4 nitrogen and oxygen atoms in total. The van der Waals surface area contributed by atoms with Crippen molar-refractivity contribution >= 4 is 5.78 Å². The summed E-state index contributed by atoms with van der Waals surface area (Å²) in [6.07, 6.45) is 22.2. The molecule has 0 rings (SSSR count). The van der Waals surface area contributed by atoms with E-state index >= 15 is 0 Å². The topological polar surface area (TPSA) is 53.2 Å². The van der Waals surface area contributed by atoms with Crippen molar-refractivity contribution in [3.05, 3.63) is 12.2 Å². The number of likely N-dealkylation sites (N-methyl/N-ethyl adjacent to an activating group) is 3. The highest BCUT2D eigenvalue weighted by molar-refractivity contribution is 5.84. The van der Waals surface area contributed by atoms with E-state index in [0.717, 1.165) is 13.0 Å². The van der Waals surface area contributed by atoms with Gasteiger partial charge in [0.2, 0.25) is 0 Å². The van der Waals surface area contributed by atoms with Crippen LogP contribution >= 0.6 is 0 Å². The van der Waals surface area contributed by atoms with E-state index in [1.54, 1.807) is 0 Å². The number of rotatable bonds is 21. The van der Waals surface area contributed by atoms with E-state index in [1.165, 1.54) is 77.0 Å². The molecule has 0 aromatic rings. The Hall–Kier alpha value is -0.710. The number of carbonyl (C=O) groups excluding carboxylic acids is 1. The van der Waals surface area contributed by atoms with Gasteiger partial charge in [0.25, 0.3) is 0 Å². The van der Waals surface area contributed by atoms with Gasteiger partial charge in [-0.3, -0.25) is 4.79 Å². The largest absolute Gasteiger partial charge is 0.318 e. The van der Waals surface area contributed by atoms with Crippen molar-refractivity contribution in [2.75, 3.05) is 27.7 Å². The standard InChI is InChI=1S/C24H49N3O/c1-5-6-7-8-9-10-11-12-13-14-15-16-17-18-19-20-23(28)24(27-4)22(26-3)21-25-2/h12-13,22,24-27H,5-11,14-21H2,1-4H3/b13-12-. The van der Waals surface area contributed by atoms with Gasteiger partial charge >= 0.3 is 0 Å². The Labute approximate surface area is 175 Å². The van der Waals surface area contributed by atoms with Crippen LogP contribution in [0.3, 0.4) is 0 Å². The highest BCUT2D eigenvalue weighted by Gasteiger charge is 2.24. The molecule has 0 amide bonds. The Kier molecular flexibility index (Phi) is 20.5. The lowest BCUT2D eigenvalue weighted by atomic mass is 9.98. The number of hydrogen-bond acceptors (Lipinski definition) is 4. The molecule has 0 spiro atoms. The number of Topliss-reactive ketones (excluding diaryl/α,β-unsaturated/α-hetero) is 1. The molecule has 166 valence electrons. The Bertz CT molecular complexity index is 371. The normalized spacial score (nSPS) is 13.9. The smallest absolute Gasteiger partial charge is 0.151 e. The Morgan fingerprint density at radius 2 is 1.29 bits per heavy atom. The highest BCUT2D eigenvalue weighted by atomic mass is 16.1. The van der Waals surface area contributed by atoms with E-state index in [9.17, 15) is 4.79 Å². The molecule has 0 saturated heterocycles. The van der Waals surface area contributed by atoms with Gasteiger partial charge in [0.1, 0.15) is 0 Å². The van der Waals surface area contributed by atoms with Crippen molar-refractivity contribution in [2.24, 2.45) is 0 Å². The summed E-state index contributed by atoms with van der Waals surface area (Å²) >= 11 is 0. The van der Waals surface area contributed by atoms with Gasteiger partial charge in [-0.25, -0.2) is 0 Å². The minimum Gasteiger partial charge on any atom is -0.318 e. The lowest BCUT2D eigenvalue weighted by molar-refractivity contribution is -0.121. The van der Waals surface area contributed by atoms with Crippen LogP contribution in [0, 0.1) is 0 Å². The van der Waals surface area contributed by atoms with Gasteiger partial charge in [0, 0.05) is 19.0 Å². The molecule has 0 aromatic carbocycles. The number of carbonyl (C=O) groups is 1. The molecule has 0 radical (unpaired) electrons. The van der Waals surface area contributed by atoms with E-state index in [-0.39, 0.29) is 12.1 Å². The quantitative estimate of drug-likeness (QED) is 0.189. The maximum absolute atomic E-state index is 12.4. The van der Waals surface area contributed by atoms with Crippen LogP contribution in [0.2, 0.25) is 0 Å². The van der Waals surface area contributed by atoms with Crippen LogP contribution in [0.15, 0.2) is 12.2 Å².